The normalized spacial score (nSPS) is 12.9. The number of benzene rings is 1. The van der Waals surface area contributed by atoms with Crippen molar-refractivity contribution in [1.29, 1.82) is 0 Å². The van der Waals surface area contributed by atoms with Gasteiger partial charge in [0.1, 0.15) is 0 Å². The molecule has 0 aliphatic carbocycles. The highest BCUT2D eigenvalue weighted by Crippen LogP contribution is 2.21. The molecule has 1 atom stereocenters. The molecule has 1 aromatic rings. The van der Waals surface area contributed by atoms with Gasteiger partial charge in [0.05, 0.1) is 11.8 Å². The molecule has 0 aromatic heterocycles. The fraction of sp³-hybridized carbons (Fsp3) is 0.333. The number of rotatable bonds is 3. The van der Waals surface area contributed by atoms with Crippen molar-refractivity contribution in [3.8, 4) is 0 Å². The van der Waals surface area contributed by atoms with Gasteiger partial charge in [0, 0.05) is 6.54 Å². The van der Waals surface area contributed by atoms with Gasteiger partial charge in [-0.2, -0.15) is 0 Å². The van der Waals surface area contributed by atoms with Gasteiger partial charge in [-0.25, -0.2) is 8.78 Å². The van der Waals surface area contributed by atoms with Crippen LogP contribution in [0.2, 0.25) is 0 Å². The number of aliphatic hydroxyl groups excluding tert-OH is 1. The van der Waals surface area contributed by atoms with E-state index in [0.717, 1.165) is 6.07 Å². The minimum atomic E-state index is -1.08. The van der Waals surface area contributed by atoms with Gasteiger partial charge in [-0.1, -0.05) is 0 Å². The molecule has 1 rings (SSSR count). The largest absolute Gasteiger partial charge is 0.396 e. The number of nitrogen functional groups attached to an aromatic ring is 1. The smallest absolute Gasteiger partial charge is 0.181 e. The molecule has 0 fully saturated rings. The molecule has 1 aromatic carbocycles. The second kappa shape index (κ2) is 4.34. The summed E-state index contributed by atoms with van der Waals surface area (Å²) in [5.74, 6) is -2.12. The Labute approximate surface area is 80.5 Å². The Hall–Kier alpha value is -1.20. The number of aliphatic hydroxyl groups is 1. The van der Waals surface area contributed by atoms with Crippen LogP contribution >= 0.6 is 0 Å². The maximum atomic E-state index is 12.9. The lowest BCUT2D eigenvalue weighted by Gasteiger charge is -2.11. The van der Waals surface area contributed by atoms with Crippen molar-refractivity contribution in [2.24, 2.45) is 0 Å². The van der Waals surface area contributed by atoms with Gasteiger partial charge < -0.3 is 16.2 Å². The predicted molar refractivity (Wildman–Crippen MR) is 49.7 cm³/mol. The Morgan fingerprint density at radius 3 is 2.64 bits per heavy atom. The summed E-state index contributed by atoms with van der Waals surface area (Å²) in [4.78, 5) is 0. The molecule has 78 valence electrons. The third kappa shape index (κ3) is 2.18. The average molecular weight is 202 g/mol. The third-order valence-electron chi connectivity index (χ3n) is 1.86. The van der Waals surface area contributed by atoms with Crippen molar-refractivity contribution >= 4 is 5.69 Å². The Morgan fingerprint density at radius 1 is 1.50 bits per heavy atom. The highest BCUT2D eigenvalue weighted by molar-refractivity contribution is 5.43. The van der Waals surface area contributed by atoms with E-state index in [9.17, 15) is 13.9 Å². The lowest BCUT2D eigenvalue weighted by molar-refractivity contribution is 0.177. The minimum absolute atomic E-state index is 0.254. The molecule has 0 spiro atoms. The van der Waals surface area contributed by atoms with Crippen molar-refractivity contribution in [1.82, 2.24) is 5.32 Å². The number of halogens is 2. The summed E-state index contributed by atoms with van der Waals surface area (Å²) in [5.41, 5.74) is 5.17. The molecule has 0 saturated heterocycles. The molecule has 0 heterocycles. The minimum Gasteiger partial charge on any atom is -0.396 e. The summed E-state index contributed by atoms with van der Waals surface area (Å²) < 4.78 is 25.6. The molecule has 0 aliphatic heterocycles. The van der Waals surface area contributed by atoms with Crippen LogP contribution in [0.5, 0.6) is 0 Å². The van der Waals surface area contributed by atoms with E-state index >= 15 is 0 Å². The summed E-state index contributed by atoms with van der Waals surface area (Å²) in [6, 6.07) is 2.16. The first kappa shape index (κ1) is 10.9. The van der Waals surface area contributed by atoms with Crippen LogP contribution in [0.25, 0.3) is 0 Å². The number of nitrogens with two attached hydrogens (primary N) is 1. The van der Waals surface area contributed by atoms with E-state index in [1.165, 1.54) is 6.07 Å². The third-order valence-corrected chi connectivity index (χ3v) is 1.86. The molecular formula is C9H12F2N2O. The monoisotopic (exact) mass is 202 g/mol. The second-order valence-electron chi connectivity index (χ2n) is 2.98. The van der Waals surface area contributed by atoms with E-state index in [-0.39, 0.29) is 17.8 Å². The molecule has 3 nitrogen and oxygen atoms in total. The Morgan fingerprint density at radius 2 is 2.14 bits per heavy atom. The van der Waals surface area contributed by atoms with E-state index in [0.29, 0.717) is 0 Å². The van der Waals surface area contributed by atoms with E-state index in [1.807, 2.05) is 0 Å². The van der Waals surface area contributed by atoms with E-state index in [4.69, 9.17) is 5.73 Å². The maximum absolute atomic E-state index is 12.9. The second-order valence-corrected chi connectivity index (χ2v) is 2.98. The molecule has 4 N–H and O–H groups in total. The highest BCUT2D eigenvalue weighted by atomic mass is 19.2. The van der Waals surface area contributed by atoms with Gasteiger partial charge >= 0.3 is 0 Å². The van der Waals surface area contributed by atoms with Crippen molar-refractivity contribution in [3.05, 3.63) is 29.3 Å². The van der Waals surface area contributed by atoms with Crippen molar-refractivity contribution in [2.75, 3.05) is 19.3 Å². The predicted octanol–water partition coefficient (Wildman–Crippen LogP) is 0.800. The SMILES string of the molecule is CNCC(O)c1cc(N)c(F)c(F)c1. The van der Waals surface area contributed by atoms with Crippen molar-refractivity contribution < 1.29 is 13.9 Å². The van der Waals surface area contributed by atoms with E-state index < -0.39 is 17.7 Å². The van der Waals surface area contributed by atoms with Gasteiger partial charge in [-0.05, 0) is 24.7 Å². The number of hydrogen-bond acceptors (Lipinski definition) is 3. The topological polar surface area (TPSA) is 58.3 Å². The molecule has 0 aliphatic rings. The van der Waals surface area contributed by atoms with Crippen LogP contribution in [-0.2, 0) is 0 Å². The van der Waals surface area contributed by atoms with Gasteiger partial charge in [0.15, 0.2) is 11.6 Å². The average Bonchev–Trinajstić information content (AvgIpc) is 2.13. The van der Waals surface area contributed by atoms with Crippen LogP contribution < -0.4 is 11.1 Å². The first-order chi connectivity index (χ1) is 6.56. The Bertz CT molecular complexity index is 308. The van der Waals surface area contributed by atoms with Gasteiger partial charge in [0.2, 0.25) is 0 Å². The first-order valence-corrected chi connectivity index (χ1v) is 4.13. The number of hydrogen-bond donors (Lipinski definition) is 3. The summed E-state index contributed by atoms with van der Waals surface area (Å²) in [5, 5.41) is 12.2. The Kier molecular flexibility index (Phi) is 3.38. The molecule has 0 saturated carbocycles. The number of nitrogens with one attached hydrogen (secondary N) is 1. The van der Waals surface area contributed by atoms with Gasteiger partial charge in [0.25, 0.3) is 0 Å². The van der Waals surface area contributed by atoms with Crippen LogP contribution in [0.15, 0.2) is 12.1 Å². The lowest BCUT2D eigenvalue weighted by Crippen LogP contribution is -2.17. The van der Waals surface area contributed by atoms with Crippen LogP contribution in [0, 0.1) is 11.6 Å². The van der Waals surface area contributed by atoms with Crippen LogP contribution in [-0.4, -0.2) is 18.7 Å². The molecule has 5 heteroatoms. The summed E-state index contributed by atoms with van der Waals surface area (Å²) >= 11 is 0. The molecule has 1 unspecified atom stereocenters. The van der Waals surface area contributed by atoms with Crippen LogP contribution in [0.1, 0.15) is 11.7 Å². The first-order valence-electron chi connectivity index (χ1n) is 4.13. The van der Waals surface area contributed by atoms with Crippen molar-refractivity contribution in [2.45, 2.75) is 6.10 Å². The van der Waals surface area contributed by atoms with Crippen LogP contribution in [0.3, 0.4) is 0 Å². The molecule has 0 bridgehead atoms. The quantitative estimate of drug-likeness (QED) is 0.635. The fourth-order valence-corrected chi connectivity index (χ4v) is 1.14. The van der Waals surface area contributed by atoms with E-state index in [1.54, 1.807) is 7.05 Å². The van der Waals surface area contributed by atoms with Crippen molar-refractivity contribution in [3.63, 3.8) is 0 Å². The zero-order valence-electron chi connectivity index (χ0n) is 7.72. The molecule has 14 heavy (non-hydrogen) atoms. The Balaban J connectivity index is 3.00. The molecule has 0 amide bonds. The summed E-state index contributed by atoms with van der Waals surface area (Å²) in [7, 11) is 1.65. The zero-order valence-corrected chi connectivity index (χ0v) is 7.72. The maximum Gasteiger partial charge on any atom is 0.181 e. The van der Waals surface area contributed by atoms with E-state index in [2.05, 4.69) is 5.32 Å². The molecule has 0 radical (unpaired) electrons. The van der Waals surface area contributed by atoms with Crippen LogP contribution in [0.4, 0.5) is 14.5 Å². The lowest BCUT2D eigenvalue weighted by atomic mass is 10.1. The summed E-state index contributed by atoms with van der Waals surface area (Å²) in [6.07, 6.45) is -0.891. The molecular weight excluding hydrogens is 190 g/mol. The number of likely N-dealkylation sites (N-methyl/N-ethyl adjacent to an activating group) is 1. The van der Waals surface area contributed by atoms with Gasteiger partial charge in [-0.15, -0.1) is 0 Å². The van der Waals surface area contributed by atoms with Gasteiger partial charge in [-0.3, -0.25) is 0 Å². The highest BCUT2D eigenvalue weighted by Gasteiger charge is 2.13. The summed E-state index contributed by atoms with van der Waals surface area (Å²) in [6.45, 7) is 0.254. The fourth-order valence-electron chi connectivity index (χ4n) is 1.14. The number of anilines is 1. The zero-order chi connectivity index (χ0) is 10.7. The standard InChI is InChI=1S/C9H12F2N2O/c1-13-4-8(14)5-2-6(10)9(11)7(12)3-5/h2-3,8,13-14H,4,12H2,1H3.